The molecule has 0 spiro atoms. The number of hydrogen-bond donors (Lipinski definition) is 1. The highest BCUT2D eigenvalue weighted by molar-refractivity contribution is 7.99. The molecule has 5 nitrogen and oxygen atoms in total. The Balaban J connectivity index is 1.43. The van der Waals surface area contributed by atoms with E-state index in [1.807, 2.05) is 89.5 Å². The second kappa shape index (κ2) is 10.3. The Morgan fingerprint density at radius 3 is 2.29 bits per heavy atom. The lowest BCUT2D eigenvalue weighted by Gasteiger charge is -2.10. The summed E-state index contributed by atoms with van der Waals surface area (Å²) < 4.78 is 1.99. The topological polar surface area (TPSA) is 59.8 Å². The van der Waals surface area contributed by atoms with Gasteiger partial charge in [0.25, 0.3) is 0 Å². The molecule has 7 heteroatoms. The third kappa shape index (κ3) is 5.54. The van der Waals surface area contributed by atoms with Gasteiger partial charge in [-0.05, 0) is 36.2 Å². The SMILES string of the molecule is O=C(CSc1nnc(-c2ccccc2)n1-c1ccccc1)NCCc1ccc(Cl)cc1. The highest BCUT2D eigenvalue weighted by atomic mass is 35.5. The van der Waals surface area contributed by atoms with Crippen LogP contribution in [0.15, 0.2) is 90.1 Å². The van der Waals surface area contributed by atoms with Crippen LogP contribution in [0.2, 0.25) is 5.02 Å². The average molecular weight is 449 g/mol. The fourth-order valence-electron chi connectivity index (χ4n) is 3.13. The number of rotatable bonds is 8. The third-order valence-electron chi connectivity index (χ3n) is 4.66. The molecular weight excluding hydrogens is 428 g/mol. The minimum absolute atomic E-state index is 0.0390. The first-order chi connectivity index (χ1) is 15.2. The molecule has 0 unspecified atom stereocenters. The van der Waals surface area contributed by atoms with Crippen LogP contribution < -0.4 is 5.32 Å². The van der Waals surface area contributed by atoms with Crippen LogP contribution in [0, 0.1) is 0 Å². The van der Waals surface area contributed by atoms with Crippen molar-refractivity contribution in [2.24, 2.45) is 0 Å². The fourth-order valence-corrected chi connectivity index (χ4v) is 4.03. The summed E-state index contributed by atoms with van der Waals surface area (Å²) in [5.74, 6) is 0.973. The lowest BCUT2D eigenvalue weighted by Crippen LogP contribution is -2.27. The van der Waals surface area contributed by atoms with Crippen molar-refractivity contribution in [2.45, 2.75) is 11.6 Å². The van der Waals surface area contributed by atoms with Crippen LogP contribution in [0.5, 0.6) is 0 Å². The van der Waals surface area contributed by atoms with Crippen LogP contribution in [0.3, 0.4) is 0 Å². The highest BCUT2D eigenvalue weighted by Gasteiger charge is 2.17. The van der Waals surface area contributed by atoms with E-state index in [0.29, 0.717) is 16.7 Å². The first-order valence-corrected chi connectivity index (χ1v) is 11.3. The van der Waals surface area contributed by atoms with Crippen molar-refractivity contribution in [3.8, 4) is 17.1 Å². The van der Waals surface area contributed by atoms with Crippen LogP contribution in [-0.2, 0) is 11.2 Å². The summed E-state index contributed by atoms with van der Waals surface area (Å²) >= 11 is 7.28. The smallest absolute Gasteiger partial charge is 0.230 e. The van der Waals surface area contributed by atoms with Crippen LogP contribution in [-0.4, -0.2) is 33.0 Å². The van der Waals surface area contributed by atoms with Gasteiger partial charge in [-0.3, -0.25) is 9.36 Å². The van der Waals surface area contributed by atoms with Gasteiger partial charge in [-0.1, -0.05) is 84.0 Å². The van der Waals surface area contributed by atoms with Crippen LogP contribution >= 0.6 is 23.4 Å². The normalized spacial score (nSPS) is 10.7. The zero-order valence-corrected chi connectivity index (χ0v) is 18.3. The summed E-state index contributed by atoms with van der Waals surface area (Å²) in [6.45, 7) is 0.571. The van der Waals surface area contributed by atoms with Crippen molar-refractivity contribution in [3.05, 3.63) is 95.5 Å². The predicted octanol–water partition coefficient (Wildman–Crippen LogP) is 5.04. The van der Waals surface area contributed by atoms with Crippen molar-refractivity contribution >= 4 is 29.3 Å². The number of nitrogens with one attached hydrogen (secondary N) is 1. The first kappa shape index (κ1) is 21.2. The van der Waals surface area contributed by atoms with Gasteiger partial charge in [0, 0.05) is 22.8 Å². The van der Waals surface area contributed by atoms with Gasteiger partial charge in [0.15, 0.2) is 11.0 Å². The Labute approximate surface area is 190 Å². The van der Waals surface area contributed by atoms with Crippen molar-refractivity contribution < 1.29 is 4.79 Å². The van der Waals surface area contributed by atoms with Gasteiger partial charge in [-0.15, -0.1) is 10.2 Å². The number of thioether (sulfide) groups is 1. The third-order valence-corrected chi connectivity index (χ3v) is 5.84. The van der Waals surface area contributed by atoms with Gasteiger partial charge >= 0.3 is 0 Å². The maximum absolute atomic E-state index is 12.4. The largest absolute Gasteiger partial charge is 0.355 e. The molecule has 156 valence electrons. The molecule has 0 atom stereocenters. The lowest BCUT2D eigenvalue weighted by atomic mass is 10.1. The summed E-state index contributed by atoms with van der Waals surface area (Å²) in [6.07, 6.45) is 0.756. The van der Waals surface area contributed by atoms with Gasteiger partial charge < -0.3 is 5.32 Å². The summed E-state index contributed by atoms with van der Waals surface area (Å²) in [6, 6.07) is 27.5. The number of carbonyl (C=O) groups excluding carboxylic acids is 1. The van der Waals surface area contributed by atoms with Gasteiger partial charge in [-0.25, -0.2) is 0 Å². The van der Waals surface area contributed by atoms with Gasteiger partial charge in [0.2, 0.25) is 5.91 Å². The highest BCUT2D eigenvalue weighted by Crippen LogP contribution is 2.27. The van der Waals surface area contributed by atoms with E-state index in [4.69, 9.17) is 11.6 Å². The van der Waals surface area contributed by atoms with E-state index >= 15 is 0 Å². The fraction of sp³-hybridized carbons (Fsp3) is 0.125. The maximum atomic E-state index is 12.4. The minimum Gasteiger partial charge on any atom is -0.355 e. The molecule has 1 aromatic heterocycles. The summed E-state index contributed by atoms with van der Waals surface area (Å²) in [4.78, 5) is 12.4. The molecule has 3 aromatic carbocycles. The Hall–Kier alpha value is -3.09. The molecule has 31 heavy (non-hydrogen) atoms. The van der Waals surface area contributed by atoms with Gasteiger partial charge in [0.1, 0.15) is 0 Å². The molecule has 1 amide bonds. The molecule has 0 bridgehead atoms. The van der Waals surface area contributed by atoms with Crippen molar-refractivity contribution in [2.75, 3.05) is 12.3 Å². The quantitative estimate of drug-likeness (QED) is 0.384. The molecule has 0 fully saturated rings. The second-order valence-corrected chi connectivity index (χ2v) is 8.24. The summed E-state index contributed by atoms with van der Waals surface area (Å²) in [5, 5.41) is 13.1. The van der Waals surface area contributed by atoms with E-state index in [1.165, 1.54) is 11.8 Å². The zero-order chi connectivity index (χ0) is 21.5. The van der Waals surface area contributed by atoms with E-state index in [2.05, 4.69) is 15.5 Å². The molecule has 0 saturated heterocycles. The van der Waals surface area contributed by atoms with Crippen molar-refractivity contribution in [3.63, 3.8) is 0 Å². The van der Waals surface area contributed by atoms with Crippen LogP contribution in [0.1, 0.15) is 5.56 Å². The number of hydrogen-bond acceptors (Lipinski definition) is 4. The number of carbonyl (C=O) groups is 1. The molecule has 1 N–H and O–H groups in total. The van der Waals surface area contributed by atoms with Crippen LogP contribution in [0.4, 0.5) is 0 Å². The number of amides is 1. The Kier molecular flexibility index (Phi) is 7.02. The van der Waals surface area contributed by atoms with E-state index in [9.17, 15) is 4.79 Å². The van der Waals surface area contributed by atoms with Gasteiger partial charge in [-0.2, -0.15) is 0 Å². The Bertz CT molecular complexity index is 1130. The number of para-hydroxylation sites is 1. The Morgan fingerprint density at radius 2 is 1.58 bits per heavy atom. The van der Waals surface area contributed by atoms with Crippen molar-refractivity contribution in [1.82, 2.24) is 20.1 Å². The van der Waals surface area contributed by atoms with Gasteiger partial charge in [0.05, 0.1) is 5.75 Å². The maximum Gasteiger partial charge on any atom is 0.230 e. The van der Waals surface area contributed by atoms with E-state index in [1.54, 1.807) is 0 Å². The molecule has 0 saturated carbocycles. The molecule has 4 aromatic rings. The van der Waals surface area contributed by atoms with Crippen molar-refractivity contribution in [1.29, 1.82) is 0 Å². The number of aromatic nitrogens is 3. The first-order valence-electron chi connectivity index (χ1n) is 9.91. The number of nitrogens with zero attached hydrogens (tertiary/aromatic N) is 3. The molecule has 0 aliphatic carbocycles. The lowest BCUT2D eigenvalue weighted by molar-refractivity contribution is -0.118. The molecule has 0 aliphatic heterocycles. The standard InChI is InChI=1S/C24H21ClN4OS/c25-20-13-11-18(12-14-20)15-16-26-22(30)17-31-24-28-27-23(19-7-3-1-4-8-19)29(24)21-9-5-2-6-10-21/h1-14H,15-17H2,(H,26,30). The molecule has 4 rings (SSSR count). The second-order valence-electron chi connectivity index (χ2n) is 6.86. The Morgan fingerprint density at radius 1 is 0.903 bits per heavy atom. The predicted molar refractivity (Wildman–Crippen MR) is 126 cm³/mol. The number of benzene rings is 3. The number of halogens is 1. The zero-order valence-electron chi connectivity index (χ0n) is 16.7. The van der Waals surface area contributed by atoms with E-state index in [-0.39, 0.29) is 11.7 Å². The molecule has 0 radical (unpaired) electrons. The molecule has 0 aliphatic rings. The minimum atomic E-state index is -0.0390. The van der Waals surface area contributed by atoms with Crippen LogP contribution in [0.25, 0.3) is 17.1 Å². The van der Waals surface area contributed by atoms with E-state index in [0.717, 1.165) is 29.1 Å². The summed E-state index contributed by atoms with van der Waals surface area (Å²) in [7, 11) is 0. The molecular formula is C24H21ClN4OS. The monoisotopic (exact) mass is 448 g/mol. The average Bonchev–Trinajstić information content (AvgIpc) is 3.24. The summed E-state index contributed by atoms with van der Waals surface area (Å²) in [5.41, 5.74) is 3.06. The molecule has 1 heterocycles. The van der Waals surface area contributed by atoms with E-state index < -0.39 is 0 Å².